The van der Waals surface area contributed by atoms with Gasteiger partial charge < -0.3 is 9.84 Å². The van der Waals surface area contributed by atoms with Gasteiger partial charge in [0.25, 0.3) is 5.91 Å². The highest BCUT2D eigenvalue weighted by atomic mass is 32.2. The number of aliphatic imine (C=N–C) groups is 1. The van der Waals surface area contributed by atoms with Crippen molar-refractivity contribution in [3.05, 3.63) is 99.5 Å². The van der Waals surface area contributed by atoms with Gasteiger partial charge in [0.05, 0.1) is 16.2 Å². The predicted octanol–water partition coefficient (Wildman–Crippen LogP) is 5.81. The van der Waals surface area contributed by atoms with Gasteiger partial charge in [-0.15, -0.1) is 0 Å². The van der Waals surface area contributed by atoms with Crippen molar-refractivity contribution in [2.24, 2.45) is 4.99 Å². The number of rotatable bonds is 6. The van der Waals surface area contributed by atoms with Gasteiger partial charge >= 0.3 is 5.97 Å². The zero-order chi connectivity index (χ0) is 24.2. The third-order valence-corrected chi connectivity index (χ3v) is 6.58. The Bertz CT molecular complexity index is 1310. The second-order valence-electron chi connectivity index (χ2n) is 7.97. The number of amidine groups is 1. The molecule has 34 heavy (non-hydrogen) atoms. The lowest BCUT2D eigenvalue weighted by molar-refractivity contribution is -0.121. The van der Waals surface area contributed by atoms with E-state index in [2.05, 4.69) is 11.9 Å². The van der Waals surface area contributed by atoms with Crippen LogP contribution in [0.1, 0.15) is 32.6 Å². The maximum absolute atomic E-state index is 12.9. The Morgan fingerprint density at radius 3 is 2.50 bits per heavy atom. The summed E-state index contributed by atoms with van der Waals surface area (Å²) in [6.45, 7) is 4.37. The molecule has 1 amide bonds. The second-order valence-corrected chi connectivity index (χ2v) is 8.98. The Morgan fingerprint density at radius 1 is 1.06 bits per heavy atom. The molecule has 7 heteroatoms. The molecule has 0 saturated carbocycles. The van der Waals surface area contributed by atoms with Gasteiger partial charge in [0.1, 0.15) is 12.4 Å². The molecule has 6 nitrogen and oxygen atoms in total. The molecule has 0 unspecified atom stereocenters. The Balaban J connectivity index is 1.53. The molecule has 1 fully saturated rings. The summed E-state index contributed by atoms with van der Waals surface area (Å²) in [5, 5.41) is 9.66. The first kappa shape index (κ1) is 23.3. The van der Waals surface area contributed by atoms with E-state index in [0.717, 1.165) is 22.4 Å². The van der Waals surface area contributed by atoms with Crippen LogP contribution < -0.4 is 4.74 Å². The summed E-state index contributed by atoms with van der Waals surface area (Å²) in [6, 6.07) is 20.0. The van der Waals surface area contributed by atoms with E-state index in [1.165, 1.54) is 17.3 Å². The van der Waals surface area contributed by atoms with Crippen molar-refractivity contribution in [3.63, 3.8) is 0 Å². The first-order chi connectivity index (χ1) is 16.3. The van der Waals surface area contributed by atoms with Gasteiger partial charge in [-0.05, 0) is 78.7 Å². The molecule has 0 bridgehead atoms. The molecule has 4 rings (SSSR count). The van der Waals surface area contributed by atoms with Gasteiger partial charge in [0.2, 0.25) is 0 Å². The van der Waals surface area contributed by atoms with Crippen LogP contribution >= 0.6 is 11.8 Å². The Morgan fingerprint density at radius 2 is 1.79 bits per heavy atom. The number of hydrogen-bond donors (Lipinski definition) is 1. The molecule has 1 saturated heterocycles. The maximum Gasteiger partial charge on any atom is 0.335 e. The van der Waals surface area contributed by atoms with E-state index < -0.39 is 5.97 Å². The minimum Gasteiger partial charge on any atom is -0.488 e. The van der Waals surface area contributed by atoms with Crippen molar-refractivity contribution in [3.8, 4) is 5.75 Å². The number of benzene rings is 3. The van der Waals surface area contributed by atoms with Gasteiger partial charge in [-0.1, -0.05) is 36.4 Å². The zero-order valence-corrected chi connectivity index (χ0v) is 19.9. The lowest BCUT2D eigenvalue weighted by Gasteiger charge is -2.10. The topological polar surface area (TPSA) is 79.2 Å². The summed E-state index contributed by atoms with van der Waals surface area (Å²) in [7, 11) is 1.72. The van der Waals surface area contributed by atoms with E-state index in [1.807, 2.05) is 55.5 Å². The van der Waals surface area contributed by atoms with Crippen molar-refractivity contribution in [2.45, 2.75) is 20.5 Å². The van der Waals surface area contributed by atoms with Crippen LogP contribution in [0.4, 0.5) is 5.69 Å². The first-order valence-corrected chi connectivity index (χ1v) is 11.5. The molecule has 172 valence electrons. The lowest BCUT2D eigenvalue weighted by atomic mass is 10.1. The van der Waals surface area contributed by atoms with E-state index in [0.29, 0.717) is 15.8 Å². The maximum atomic E-state index is 12.9. The van der Waals surface area contributed by atoms with Crippen LogP contribution in [0.15, 0.2) is 76.6 Å². The van der Waals surface area contributed by atoms with Crippen LogP contribution in [0.25, 0.3) is 6.08 Å². The van der Waals surface area contributed by atoms with Crippen molar-refractivity contribution in [1.29, 1.82) is 0 Å². The zero-order valence-electron chi connectivity index (χ0n) is 19.1. The monoisotopic (exact) mass is 472 g/mol. The highest BCUT2D eigenvalue weighted by Crippen LogP contribution is 2.35. The molecule has 1 aliphatic rings. The number of nitrogens with zero attached hydrogens (tertiary/aromatic N) is 2. The molecule has 0 spiro atoms. The van der Waals surface area contributed by atoms with Gasteiger partial charge in [-0.3, -0.25) is 9.69 Å². The number of ether oxygens (including phenoxy) is 1. The summed E-state index contributed by atoms with van der Waals surface area (Å²) in [5.41, 5.74) is 5.01. The second kappa shape index (κ2) is 9.97. The fourth-order valence-electron chi connectivity index (χ4n) is 3.33. The molecule has 0 radical (unpaired) electrons. The molecule has 3 aromatic carbocycles. The number of hydrogen-bond acceptors (Lipinski definition) is 5. The van der Waals surface area contributed by atoms with Gasteiger partial charge in [-0.2, -0.15) is 0 Å². The lowest BCUT2D eigenvalue weighted by Crippen LogP contribution is -2.23. The number of para-hydroxylation sites is 1. The number of carbonyl (C=O) groups excluding carboxylic acids is 1. The average Bonchev–Trinajstić information content (AvgIpc) is 3.09. The summed E-state index contributed by atoms with van der Waals surface area (Å²) in [5.74, 6) is -0.451. The number of aryl methyl sites for hydroxylation is 2. The molecule has 1 heterocycles. The fraction of sp³-hybridized carbons (Fsp3) is 0.148. The van der Waals surface area contributed by atoms with Crippen LogP contribution in [-0.4, -0.2) is 34.1 Å². The molecule has 3 aromatic rings. The highest BCUT2D eigenvalue weighted by Gasteiger charge is 2.30. The van der Waals surface area contributed by atoms with Crippen LogP contribution in [0.5, 0.6) is 5.75 Å². The van der Waals surface area contributed by atoms with E-state index in [1.54, 1.807) is 36.2 Å². The predicted molar refractivity (Wildman–Crippen MR) is 136 cm³/mol. The van der Waals surface area contributed by atoms with E-state index in [-0.39, 0.29) is 18.1 Å². The molecular weight excluding hydrogens is 448 g/mol. The standard InChI is InChI=1S/C27H24N2O4S/c1-17-8-13-22(14-18(17)2)28-27-29(3)25(30)24(34-27)15-21-6-4-5-7-23(21)33-16-19-9-11-20(12-10-19)26(31)32/h4-15H,16H2,1-3H3,(H,31,32)/b24-15-,28-27?. The quantitative estimate of drug-likeness (QED) is 0.458. The van der Waals surface area contributed by atoms with E-state index in [9.17, 15) is 9.59 Å². The molecule has 0 atom stereocenters. The van der Waals surface area contributed by atoms with E-state index >= 15 is 0 Å². The summed E-state index contributed by atoms with van der Waals surface area (Å²) in [6.07, 6.45) is 1.81. The van der Waals surface area contributed by atoms with Gasteiger partial charge in [0.15, 0.2) is 5.17 Å². The number of aromatic carboxylic acids is 1. The molecule has 1 aliphatic heterocycles. The van der Waals surface area contributed by atoms with Crippen LogP contribution in [0.3, 0.4) is 0 Å². The number of thioether (sulfide) groups is 1. The number of carboxylic acids is 1. The number of carbonyl (C=O) groups is 2. The molecular formula is C27H24N2O4S. The minimum absolute atomic E-state index is 0.119. The summed E-state index contributed by atoms with van der Waals surface area (Å²) >= 11 is 1.33. The van der Waals surface area contributed by atoms with Gasteiger partial charge in [-0.25, -0.2) is 9.79 Å². The van der Waals surface area contributed by atoms with Crippen molar-refractivity contribution in [1.82, 2.24) is 4.90 Å². The smallest absolute Gasteiger partial charge is 0.335 e. The van der Waals surface area contributed by atoms with Crippen molar-refractivity contribution < 1.29 is 19.4 Å². The Kier molecular flexibility index (Phi) is 6.84. The van der Waals surface area contributed by atoms with Crippen molar-refractivity contribution in [2.75, 3.05) is 7.05 Å². The number of amides is 1. The van der Waals surface area contributed by atoms with Crippen LogP contribution in [-0.2, 0) is 11.4 Å². The first-order valence-electron chi connectivity index (χ1n) is 10.7. The molecule has 1 N–H and O–H groups in total. The molecule has 0 aliphatic carbocycles. The summed E-state index contributed by atoms with van der Waals surface area (Å²) < 4.78 is 5.99. The Labute approximate surface area is 202 Å². The van der Waals surface area contributed by atoms with Crippen molar-refractivity contribution >= 4 is 40.6 Å². The number of likely N-dealkylation sites (N-methyl/N-ethyl adjacent to an activating group) is 1. The third-order valence-electron chi connectivity index (χ3n) is 5.52. The van der Waals surface area contributed by atoms with Gasteiger partial charge in [0, 0.05) is 12.6 Å². The Hall–Kier alpha value is -3.84. The highest BCUT2D eigenvalue weighted by molar-refractivity contribution is 8.18. The SMILES string of the molecule is Cc1ccc(N=C2S/C(=C\c3ccccc3OCc3ccc(C(=O)O)cc3)C(=O)N2C)cc1C. The van der Waals surface area contributed by atoms with Crippen LogP contribution in [0.2, 0.25) is 0 Å². The average molecular weight is 473 g/mol. The normalized spacial score (nSPS) is 15.9. The third kappa shape index (κ3) is 5.21. The minimum atomic E-state index is -0.964. The largest absolute Gasteiger partial charge is 0.488 e. The van der Waals surface area contributed by atoms with Crippen LogP contribution in [0, 0.1) is 13.8 Å². The van der Waals surface area contributed by atoms with E-state index in [4.69, 9.17) is 9.84 Å². The molecule has 0 aromatic heterocycles. The number of carboxylic acid groups (broad SMARTS) is 1. The summed E-state index contributed by atoms with van der Waals surface area (Å²) in [4.78, 5) is 30.7. The fourth-order valence-corrected chi connectivity index (χ4v) is 4.31.